The van der Waals surface area contributed by atoms with Gasteiger partial charge < -0.3 is 10.6 Å². The Balaban J connectivity index is 3.16. The molecular formula is C15H23FN2O. The van der Waals surface area contributed by atoms with Crippen LogP contribution in [0.25, 0.3) is 0 Å². The number of hydrogen-bond donors (Lipinski definition) is 1. The lowest BCUT2D eigenvalue weighted by Crippen LogP contribution is -2.40. The van der Waals surface area contributed by atoms with Crippen LogP contribution in [0.5, 0.6) is 0 Å². The summed E-state index contributed by atoms with van der Waals surface area (Å²) < 4.78 is 14.1. The van der Waals surface area contributed by atoms with Crippen LogP contribution in [0.15, 0.2) is 12.1 Å². The first-order chi connectivity index (χ1) is 8.73. The van der Waals surface area contributed by atoms with Gasteiger partial charge in [-0.1, -0.05) is 13.8 Å². The zero-order chi connectivity index (χ0) is 14.7. The first-order valence-electron chi connectivity index (χ1n) is 6.60. The van der Waals surface area contributed by atoms with Crippen molar-refractivity contribution in [3.63, 3.8) is 0 Å². The minimum Gasteiger partial charge on any atom is -0.399 e. The lowest BCUT2D eigenvalue weighted by molar-refractivity contribution is 0.0677. The Morgan fingerprint density at radius 1 is 1.32 bits per heavy atom. The smallest absolute Gasteiger partial charge is 0.257 e. The topological polar surface area (TPSA) is 46.3 Å². The van der Waals surface area contributed by atoms with Gasteiger partial charge in [0.05, 0.1) is 5.56 Å². The van der Waals surface area contributed by atoms with Gasteiger partial charge in [0.2, 0.25) is 0 Å². The molecule has 0 radical (unpaired) electrons. The molecule has 0 saturated carbocycles. The zero-order valence-corrected chi connectivity index (χ0v) is 12.3. The van der Waals surface area contributed by atoms with Crippen molar-refractivity contribution in [3.05, 3.63) is 29.1 Å². The minimum atomic E-state index is -0.478. The second-order valence-corrected chi connectivity index (χ2v) is 5.64. The third-order valence-corrected chi connectivity index (χ3v) is 2.95. The Bertz CT molecular complexity index is 469. The van der Waals surface area contributed by atoms with E-state index >= 15 is 0 Å². The fourth-order valence-electron chi connectivity index (χ4n) is 2.03. The number of aryl methyl sites for hydroxylation is 1. The number of carbonyl (C=O) groups is 1. The van der Waals surface area contributed by atoms with E-state index < -0.39 is 5.82 Å². The average molecular weight is 266 g/mol. The Morgan fingerprint density at radius 3 is 2.37 bits per heavy atom. The van der Waals surface area contributed by atoms with Gasteiger partial charge >= 0.3 is 0 Å². The van der Waals surface area contributed by atoms with Crippen LogP contribution >= 0.6 is 0 Å². The van der Waals surface area contributed by atoms with Gasteiger partial charge in [0.15, 0.2) is 0 Å². The van der Waals surface area contributed by atoms with Crippen molar-refractivity contribution in [1.82, 2.24) is 4.90 Å². The van der Waals surface area contributed by atoms with Crippen LogP contribution in [0.1, 0.15) is 43.6 Å². The molecule has 1 aromatic carbocycles. The van der Waals surface area contributed by atoms with Gasteiger partial charge in [0, 0.05) is 18.3 Å². The number of carbonyl (C=O) groups excluding carboxylic acids is 1. The first-order valence-corrected chi connectivity index (χ1v) is 6.60. The molecule has 0 aromatic heterocycles. The lowest BCUT2D eigenvalue weighted by Gasteiger charge is -2.29. The normalized spacial score (nSPS) is 11.2. The summed E-state index contributed by atoms with van der Waals surface area (Å²) in [5.74, 6) is -0.443. The number of hydrogen-bond acceptors (Lipinski definition) is 2. The Kier molecular flexibility index (Phi) is 4.92. The van der Waals surface area contributed by atoms with E-state index in [1.165, 1.54) is 12.1 Å². The quantitative estimate of drug-likeness (QED) is 0.850. The maximum atomic E-state index is 14.1. The molecule has 0 spiro atoms. The van der Waals surface area contributed by atoms with Crippen molar-refractivity contribution >= 4 is 11.6 Å². The summed E-state index contributed by atoms with van der Waals surface area (Å²) in [6, 6.07) is 2.98. The summed E-state index contributed by atoms with van der Waals surface area (Å²) in [6.07, 6.45) is 0. The second kappa shape index (κ2) is 6.04. The molecule has 0 saturated heterocycles. The standard InChI is InChI=1S/C15H23FN2O/c1-9(2)8-18(10(3)4)15(19)13-7-12(17)6-11(5)14(13)16/h6-7,9-10H,8,17H2,1-5H3. The number of halogens is 1. The van der Waals surface area contributed by atoms with Crippen molar-refractivity contribution in [2.45, 2.75) is 40.7 Å². The van der Waals surface area contributed by atoms with E-state index in [0.29, 0.717) is 23.7 Å². The molecule has 0 fully saturated rings. The number of anilines is 1. The van der Waals surface area contributed by atoms with Crippen LogP contribution < -0.4 is 5.73 Å². The zero-order valence-electron chi connectivity index (χ0n) is 12.3. The molecule has 2 N–H and O–H groups in total. The van der Waals surface area contributed by atoms with Crippen LogP contribution in [0.4, 0.5) is 10.1 Å². The largest absolute Gasteiger partial charge is 0.399 e. The molecule has 0 unspecified atom stereocenters. The van der Waals surface area contributed by atoms with Crippen LogP contribution in [-0.2, 0) is 0 Å². The molecule has 106 valence electrons. The Morgan fingerprint density at radius 2 is 1.89 bits per heavy atom. The van der Waals surface area contributed by atoms with Crippen LogP contribution in [-0.4, -0.2) is 23.4 Å². The molecule has 0 heterocycles. The van der Waals surface area contributed by atoms with Gasteiger partial charge in [0.1, 0.15) is 5.82 Å². The van der Waals surface area contributed by atoms with Crippen LogP contribution in [0.2, 0.25) is 0 Å². The molecule has 0 aliphatic heterocycles. The van der Waals surface area contributed by atoms with Crippen LogP contribution in [0, 0.1) is 18.7 Å². The van der Waals surface area contributed by atoms with Gasteiger partial charge in [0.25, 0.3) is 5.91 Å². The molecule has 1 rings (SSSR count). The number of amides is 1. The van der Waals surface area contributed by atoms with E-state index in [1.54, 1.807) is 11.8 Å². The summed E-state index contributed by atoms with van der Waals surface area (Å²) in [7, 11) is 0. The molecule has 0 atom stereocenters. The fraction of sp³-hybridized carbons (Fsp3) is 0.533. The summed E-state index contributed by atoms with van der Waals surface area (Å²) in [4.78, 5) is 14.2. The van der Waals surface area contributed by atoms with E-state index in [2.05, 4.69) is 0 Å². The maximum absolute atomic E-state index is 14.1. The van der Waals surface area contributed by atoms with Crippen molar-refractivity contribution in [2.75, 3.05) is 12.3 Å². The third-order valence-electron chi connectivity index (χ3n) is 2.95. The monoisotopic (exact) mass is 266 g/mol. The molecule has 4 heteroatoms. The van der Waals surface area contributed by atoms with Crippen LogP contribution in [0.3, 0.4) is 0 Å². The van der Waals surface area contributed by atoms with Crippen molar-refractivity contribution in [3.8, 4) is 0 Å². The highest BCUT2D eigenvalue weighted by Gasteiger charge is 2.23. The van der Waals surface area contributed by atoms with Gasteiger partial charge in [-0.2, -0.15) is 0 Å². The van der Waals surface area contributed by atoms with Gasteiger partial charge in [-0.05, 0) is 44.4 Å². The third kappa shape index (κ3) is 3.69. The van der Waals surface area contributed by atoms with Gasteiger partial charge in [-0.15, -0.1) is 0 Å². The predicted octanol–water partition coefficient (Wildman–Crippen LogP) is 3.22. The van der Waals surface area contributed by atoms with Crippen molar-refractivity contribution < 1.29 is 9.18 Å². The average Bonchev–Trinajstić information content (AvgIpc) is 2.29. The fourth-order valence-corrected chi connectivity index (χ4v) is 2.03. The van der Waals surface area contributed by atoms with E-state index in [9.17, 15) is 9.18 Å². The van der Waals surface area contributed by atoms with E-state index in [0.717, 1.165) is 0 Å². The summed E-state index contributed by atoms with van der Waals surface area (Å²) >= 11 is 0. The predicted molar refractivity (Wildman–Crippen MR) is 76.6 cm³/mol. The number of rotatable bonds is 4. The molecule has 1 amide bonds. The molecule has 0 aliphatic rings. The molecule has 0 bridgehead atoms. The van der Waals surface area contributed by atoms with Gasteiger partial charge in [-0.25, -0.2) is 4.39 Å². The second-order valence-electron chi connectivity index (χ2n) is 5.64. The number of nitrogens with two attached hydrogens (primary N) is 1. The molecule has 19 heavy (non-hydrogen) atoms. The van der Waals surface area contributed by atoms with E-state index in [4.69, 9.17) is 5.73 Å². The summed E-state index contributed by atoms with van der Waals surface area (Å²) in [5, 5.41) is 0. The first kappa shape index (κ1) is 15.5. The van der Waals surface area contributed by atoms with E-state index in [-0.39, 0.29) is 17.5 Å². The Hall–Kier alpha value is -1.58. The minimum absolute atomic E-state index is 0.0241. The highest BCUT2D eigenvalue weighted by molar-refractivity contribution is 5.95. The lowest BCUT2D eigenvalue weighted by atomic mass is 10.1. The molecular weight excluding hydrogens is 243 g/mol. The SMILES string of the molecule is Cc1cc(N)cc(C(=O)N(CC(C)C)C(C)C)c1F. The molecule has 3 nitrogen and oxygen atoms in total. The Labute approximate surface area is 114 Å². The van der Waals surface area contributed by atoms with E-state index in [1.807, 2.05) is 27.7 Å². The number of benzene rings is 1. The van der Waals surface area contributed by atoms with Crippen molar-refractivity contribution in [2.24, 2.45) is 5.92 Å². The number of nitrogen functional groups attached to an aromatic ring is 1. The highest BCUT2D eigenvalue weighted by Crippen LogP contribution is 2.20. The summed E-state index contributed by atoms with van der Waals surface area (Å²) in [6.45, 7) is 10.1. The molecule has 1 aromatic rings. The maximum Gasteiger partial charge on any atom is 0.257 e. The molecule has 0 aliphatic carbocycles. The summed E-state index contributed by atoms with van der Waals surface area (Å²) in [5.41, 5.74) is 6.58. The highest BCUT2D eigenvalue weighted by atomic mass is 19.1. The van der Waals surface area contributed by atoms with Crippen molar-refractivity contribution in [1.29, 1.82) is 0 Å². The number of nitrogens with zero attached hydrogens (tertiary/aromatic N) is 1. The van der Waals surface area contributed by atoms with Gasteiger partial charge in [-0.3, -0.25) is 4.79 Å².